The molecule has 5 nitrogen and oxygen atoms in total. The van der Waals surface area contributed by atoms with Crippen LogP contribution in [0.4, 0.5) is 11.4 Å². The van der Waals surface area contributed by atoms with E-state index in [1.54, 1.807) is 25.1 Å². The number of nitrogens with two attached hydrogens (primary N) is 1. The molecule has 0 radical (unpaired) electrons. The van der Waals surface area contributed by atoms with Gasteiger partial charge in [-0.1, -0.05) is 6.92 Å². The van der Waals surface area contributed by atoms with E-state index in [-0.39, 0.29) is 6.42 Å². The number of benzene rings is 1. The summed E-state index contributed by atoms with van der Waals surface area (Å²) in [7, 11) is -3.69. The fourth-order valence-corrected chi connectivity index (χ4v) is 2.64. The molecule has 0 fully saturated rings. The van der Waals surface area contributed by atoms with Gasteiger partial charge in [-0.05, 0) is 40.5 Å². The molecule has 0 aromatic heterocycles. The lowest BCUT2D eigenvalue weighted by molar-refractivity contribution is 0.593. The maximum atomic E-state index is 11.8. The van der Waals surface area contributed by atoms with Gasteiger partial charge in [0.25, 0.3) is 0 Å². The molecule has 0 bridgehead atoms. The molecule has 0 amide bonds. The van der Waals surface area contributed by atoms with Gasteiger partial charge in [0.1, 0.15) is 0 Å². The van der Waals surface area contributed by atoms with Crippen LogP contribution in [-0.4, -0.2) is 13.7 Å². The maximum absolute atomic E-state index is 11.8. The predicted molar refractivity (Wildman–Crippen MR) is 70.8 cm³/mol. The molecule has 1 rings (SSSR count). The fraction of sp³-hybridized carbons (Fsp3) is 0.300. The standard InChI is InChI=1S/C10H12BrN3O2S/c1-2-8(6-12)17(15,16)14-7-3-4-9(11)10(13)5-7/h3-5,8,14H,2,13H2,1H3. The zero-order valence-corrected chi connectivity index (χ0v) is 11.5. The van der Waals surface area contributed by atoms with Crippen molar-refractivity contribution >= 4 is 37.3 Å². The number of sulfonamides is 1. The average molecular weight is 318 g/mol. The predicted octanol–water partition coefficient (Wildman–Crippen LogP) is 2.08. The second-order valence-corrected chi connectivity index (χ2v) is 6.13. The van der Waals surface area contributed by atoms with E-state index in [0.717, 1.165) is 0 Å². The van der Waals surface area contributed by atoms with Gasteiger partial charge in [-0.15, -0.1) is 0 Å². The van der Waals surface area contributed by atoms with Crippen LogP contribution in [0, 0.1) is 11.3 Å². The minimum absolute atomic E-state index is 0.234. The van der Waals surface area contributed by atoms with Gasteiger partial charge in [0, 0.05) is 10.2 Å². The first-order valence-corrected chi connectivity index (χ1v) is 7.21. The summed E-state index contributed by atoms with van der Waals surface area (Å²) in [5, 5.41) is 7.67. The van der Waals surface area contributed by atoms with Crippen LogP contribution < -0.4 is 10.5 Å². The van der Waals surface area contributed by atoms with Crippen LogP contribution in [0.25, 0.3) is 0 Å². The number of nitrogens with zero attached hydrogens (tertiary/aromatic N) is 1. The number of hydrogen-bond donors (Lipinski definition) is 2. The van der Waals surface area contributed by atoms with Crippen LogP contribution in [0.3, 0.4) is 0 Å². The van der Waals surface area contributed by atoms with Gasteiger partial charge >= 0.3 is 0 Å². The fourth-order valence-electron chi connectivity index (χ4n) is 1.22. The molecular weight excluding hydrogens is 306 g/mol. The molecule has 7 heteroatoms. The summed E-state index contributed by atoms with van der Waals surface area (Å²) in [5.74, 6) is 0. The lowest BCUT2D eigenvalue weighted by Crippen LogP contribution is -2.25. The number of nitrogens with one attached hydrogen (secondary N) is 1. The van der Waals surface area contributed by atoms with Crippen molar-refractivity contribution in [2.75, 3.05) is 10.5 Å². The van der Waals surface area contributed by atoms with E-state index >= 15 is 0 Å². The van der Waals surface area contributed by atoms with Crippen LogP contribution in [0.15, 0.2) is 22.7 Å². The van der Waals surface area contributed by atoms with Crippen molar-refractivity contribution in [1.82, 2.24) is 0 Å². The van der Waals surface area contributed by atoms with Crippen molar-refractivity contribution in [3.63, 3.8) is 0 Å². The highest BCUT2D eigenvalue weighted by Crippen LogP contribution is 2.24. The molecule has 92 valence electrons. The molecule has 17 heavy (non-hydrogen) atoms. The van der Waals surface area contributed by atoms with E-state index in [9.17, 15) is 8.42 Å². The Labute approximate surface area is 109 Å². The SMILES string of the molecule is CCC(C#N)S(=O)(=O)Nc1ccc(Br)c(N)c1. The zero-order chi connectivity index (χ0) is 13.1. The monoisotopic (exact) mass is 317 g/mol. The van der Waals surface area contributed by atoms with E-state index in [0.29, 0.717) is 15.8 Å². The summed E-state index contributed by atoms with van der Waals surface area (Å²) in [6.07, 6.45) is 0.234. The van der Waals surface area contributed by atoms with Gasteiger partial charge in [0.05, 0.1) is 11.8 Å². The van der Waals surface area contributed by atoms with E-state index < -0.39 is 15.3 Å². The lowest BCUT2D eigenvalue weighted by Gasteiger charge is -2.11. The molecule has 1 aromatic rings. The first kappa shape index (κ1) is 13.8. The van der Waals surface area contributed by atoms with Gasteiger partial charge in [-0.3, -0.25) is 4.72 Å². The first-order chi connectivity index (χ1) is 7.90. The number of nitriles is 1. The Morgan fingerprint density at radius 2 is 2.24 bits per heavy atom. The third-order valence-electron chi connectivity index (χ3n) is 2.15. The number of halogens is 1. The Morgan fingerprint density at radius 3 is 2.71 bits per heavy atom. The van der Waals surface area contributed by atoms with Crippen LogP contribution in [-0.2, 0) is 10.0 Å². The molecule has 1 aromatic carbocycles. The maximum Gasteiger partial charge on any atom is 0.249 e. The minimum Gasteiger partial charge on any atom is -0.398 e. The zero-order valence-electron chi connectivity index (χ0n) is 9.14. The van der Waals surface area contributed by atoms with Gasteiger partial charge < -0.3 is 5.73 Å². The summed E-state index contributed by atoms with van der Waals surface area (Å²) >= 11 is 3.21. The van der Waals surface area contributed by atoms with E-state index in [1.165, 1.54) is 6.07 Å². The molecule has 0 spiro atoms. The molecule has 3 N–H and O–H groups in total. The number of hydrogen-bond acceptors (Lipinski definition) is 4. The molecule has 0 aliphatic carbocycles. The molecule has 1 unspecified atom stereocenters. The van der Waals surface area contributed by atoms with Crippen LogP contribution >= 0.6 is 15.9 Å². The second kappa shape index (κ2) is 5.38. The van der Waals surface area contributed by atoms with Crippen LogP contribution in [0.5, 0.6) is 0 Å². The molecule has 0 saturated carbocycles. The number of anilines is 2. The van der Waals surface area contributed by atoms with E-state index in [1.807, 2.05) is 0 Å². The highest BCUT2D eigenvalue weighted by molar-refractivity contribution is 9.10. The molecule has 0 heterocycles. The van der Waals surface area contributed by atoms with Crippen molar-refractivity contribution in [3.05, 3.63) is 22.7 Å². The summed E-state index contributed by atoms with van der Waals surface area (Å²) in [6, 6.07) is 6.45. The topological polar surface area (TPSA) is 96.0 Å². The average Bonchev–Trinajstić information content (AvgIpc) is 2.24. The Kier molecular flexibility index (Phi) is 4.37. The van der Waals surface area contributed by atoms with Crippen LogP contribution in [0.1, 0.15) is 13.3 Å². The summed E-state index contributed by atoms with van der Waals surface area (Å²) in [5.41, 5.74) is 6.41. The second-order valence-electron chi connectivity index (χ2n) is 3.41. The summed E-state index contributed by atoms with van der Waals surface area (Å²) < 4.78 is 26.6. The molecule has 0 saturated heterocycles. The smallest absolute Gasteiger partial charge is 0.249 e. The van der Waals surface area contributed by atoms with Crippen molar-refractivity contribution < 1.29 is 8.42 Å². The van der Waals surface area contributed by atoms with Gasteiger partial charge in [0.15, 0.2) is 5.25 Å². The van der Waals surface area contributed by atoms with Crippen LogP contribution in [0.2, 0.25) is 0 Å². The molecule has 0 aliphatic rings. The molecular formula is C10H12BrN3O2S. The minimum atomic E-state index is -3.69. The Hall–Kier alpha value is -1.26. The Bertz CT molecular complexity index is 551. The molecule has 0 aliphatic heterocycles. The first-order valence-electron chi connectivity index (χ1n) is 4.87. The third-order valence-corrected chi connectivity index (χ3v) is 4.58. The van der Waals surface area contributed by atoms with Gasteiger partial charge in [0.2, 0.25) is 10.0 Å². The van der Waals surface area contributed by atoms with Crippen molar-refractivity contribution in [2.24, 2.45) is 0 Å². The normalized spacial score (nSPS) is 12.8. The van der Waals surface area contributed by atoms with Crippen molar-refractivity contribution in [2.45, 2.75) is 18.6 Å². The quantitative estimate of drug-likeness (QED) is 0.831. The lowest BCUT2D eigenvalue weighted by atomic mass is 10.3. The highest BCUT2D eigenvalue weighted by atomic mass is 79.9. The third kappa shape index (κ3) is 3.35. The Balaban J connectivity index is 2.99. The van der Waals surface area contributed by atoms with E-state index in [4.69, 9.17) is 11.0 Å². The van der Waals surface area contributed by atoms with Crippen molar-refractivity contribution in [3.8, 4) is 6.07 Å². The van der Waals surface area contributed by atoms with E-state index in [2.05, 4.69) is 20.7 Å². The summed E-state index contributed by atoms with van der Waals surface area (Å²) in [4.78, 5) is 0. The highest BCUT2D eigenvalue weighted by Gasteiger charge is 2.23. The summed E-state index contributed by atoms with van der Waals surface area (Å²) in [6.45, 7) is 1.64. The van der Waals surface area contributed by atoms with Gasteiger partial charge in [-0.2, -0.15) is 5.26 Å². The van der Waals surface area contributed by atoms with Gasteiger partial charge in [-0.25, -0.2) is 8.42 Å². The molecule has 1 atom stereocenters. The number of rotatable bonds is 4. The number of nitrogen functional groups attached to an aromatic ring is 1. The Morgan fingerprint density at radius 1 is 1.59 bits per heavy atom. The largest absolute Gasteiger partial charge is 0.398 e. The van der Waals surface area contributed by atoms with Crippen molar-refractivity contribution in [1.29, 1.82) is 5.26 Å².